The number of carbonyl (C=O) groups is 1. The molecule has 2 heterocycles. The van der Waals surface area contributed by atoms with Gasteiger partial charge in [0.25, 0.3) is 5.91 Å². The highest BCUT2D eigenvalue weighted by Crippen LogP contribution is 2.36. The van der Waals surface area contributed by atoms with Gasteiger partial charge in [0.1, 0.15) is 0 Å². The second kappa shape index (κ2) is 4.76. The number of hydrogen-bond acceptors (Lipinski definition) is 2. The van der Waals surface area contributed by atoms with Crippen LogP contribution in [0.3, 0.4) is 0 Å². The van der Waals surface area contributed by atoms with Gasteiger partial charge < -0.3 is 14.9 Å². The topological polar surface area (TPSA) is 69.0 Å². The number of carbonyl (C=O) groups excluding carboxylic acids is 1. The molecule has 1 aliphatic carbocycles. The SMILES string of the molecule is O=C(c1ccc2[nH]c(=O)[nH]c2c1)N1CC[C@H]1C1CCCC1. The standard InChI is InChI=1S/C16H19N3O2/c20-15(19-8-7-14(19)10-3-1-2-4-10)11-5-6-12-13(9-11)18-16(21)17-12/h5-6,9-10,14H,1-4,7-8H2,(H2,17,18,21)/t14-/m0/s1. The lowest BCUT2D eigenvalue weighted by Gasteiger charge is -2.44. The summed E-state index contributed by atoms with van der Waals surface area (Å²) in [4.78, 5) is 31.4. The summed E-state index contributed by atoms with van der Waals surface area (Å²) in [6.07, 6.45) is 6.27. The van der Waals surface area contributed by atoms with Crippen LogP contribution in [0.5, 0.6) is 0 Å². The van der Waals surface area contributed by atoms with E-state index in [0.29, 0.717) is 23.0 Å². The van der Waals surface area contributed by atoms with E-state index in [4.69, 9.17) is 0 Å². The second-order valence-corrected chi connectivity index (χ2v) is 6.24. The maximum Gasteiger partial charge on any atom is 0.323 e. The van der Waals surface area contributed by atoms with Crippen molar-refractivity contribution in [2.75, 3.05) is 6.54 Å². The van der Waals surface area contributed by atoms with Crippen molar-refractivity contribution in [3.8, 4) is 0 Å². The minimum absolute atomic E-state index is 0.0992. The monoisotopic (exact) mass is 285 g/mol. The van der Waals surface area contributed by atoms with Crippen LogP contribution in [0.2, 0.25) is 0 Å². The molecule has 1 saturated carbocycles. The summed E-state index contributed by atoms with van der Waals surface area (Å²) in [6, 6.07) is 5.81. The molecule has 1 aromatic carbocycles. The van der Waals surface area contributed by atoms with E-state index in [1.807, 2.05) is 4.90 Å². The molecule has 2 N–H and O–H groups in total. The maximum atomic E-state index is 12.7. The van der Waals surface area contributed by atoms with Gasteiger partial charge in [0.2, 0.25) is 0 Å². The molecule has 5 nitrogen and oxygen atoms in total. The molecule has 2 aromatic rings. The second-order valence-electron chi connectivity index (χ2n) is 6.24. The Labute approximate surface area is 122 Å². The van der Waals surface area contributed by atoms with Gasteiger partial charge in [0.15, 0.2) is 0 Å². The zero-order valence-electron chi connectivity index (χ0n) is 11.9. The van der Waals surface area contributed by atoms with E-state index >= 15 is 0 Å². The third-order valence-corrected chi connectivity index (χ3v) is 5.03. The Morgan fingerprint density at radius 1 is 1.10 bits per heavy atom. The van der Waals surface area contributed by atoms with Crippen LogP contribution >= 0.6 is 0 Å². The molecule has 21 heavy (non-hydrogen) atoms. The van der Waals surface area contributed by atoms with Gasteiger partial charge in [-0.2, -0.15) is 0 Å². The fraction of sp³-hybridized carbons (Fsp3) is 0.500. The van der Waals surface area contributed by atoms with Crippen LogP contribution < -0.4 is 5.69 Å². The van der Waals surface area contributed by atoms with Gasteiger partial charge >= 0.3 is 5.69 Å². The van der Waals surface area contributed by atoms with Gasteiger partial charge in [0.05, 0.1) is 11.0 Å². The molecule has 5 heteroatoms. The van der Waals surface area contributed by atoms with Crippen molar-refractivity contribution in [2.24, 2.45) is 5.92 Å². The molecule has 1 atom stereocenters. The Morgan fingerprint density at radius 3 is 2.57 bits per heavy atom. The van der Waals surface area contributed by atoms with Gasteiger partial charge in [-0.25, -0.2) is 4.79 Å². The number of benzene rings is 1. The smallest absolute Gasteiger partial charge is 0.323 e. The van der Waals surface area contributed by atoms with Crippen molar-refractivity contribution in [3.05, 3.63) is 34.2 Å². The number of aromatic amines is 2. The first-order valence-corrected chi connectivity index (χ1v) is 7.75. The lowest BCUT2D eigenvalue weighted by molar-refractivity contribution is 0.0308. The molecule has 0 spiro atoms. The molecule has 4 rings (SSSR count). The van der Waals surface area contributed by atoms with E-state index < -0.39 is 0 Å². The summed E-state index contributed by atoms with van der Waals surface area (Å²) in [5.74, 6) is 0.792. The average Bonchev–Trinajstić information content (AvgIpc) is 3.04. The Kier molecular flexibility index (Phi) is 2.87. The van der Waals surface area contributed by atoms with Gasteiger partial charge in [-0.3, -0.25) is 4.79 Å². The fourth-order valence-electron chi connectivity index (χ4n) is 3.82. The van der Waals surface area contributed by atoms with Crippen molar-refractivity contribution in [3.63, 3.8) is 0 Å². The summed E-state index contributed by atoms with van der Waals surface area (Å²) in [7, 11) is 0. The number of hydrogen-bond donors (Lipinski definition) is 2. The van der Waals surface area contributed by atoms with Crippen LogP contribution in [0.15, 0.2) is 23.0 Å². The van der Waals surface area contributed by atoms with E-state index in [-0.39, 0.29) is 11.6 Å². The van der Waals surface area contributed by atoms with Crippen LogP contribution in [0, 0.1) is 5.92 Å². The maximum absolute atomic E-state index is 12.7. The molecule has 1 saturated heterocycles. The number of amides is 1. The molecular formula is C16H19N3O2. The summed E-state index contributed by atoms with van der Waals surface area (Å²) in [6.45, 7) is 0.863. The van der Waals surface area contributed by atoms with E-state index in [1.165, 1.54) is 25.7 Å². The van der Waals surface area contributed by atoms with Crippen LogP contribution in [0.25, 0.3) is 11.0 Å². The van der Waals surface area contributed by atoms with Gasteiger partial charge in [-0.15, -0.1) is 0 Å². The third kappa shape index (κ3) is 2.07. The number of nitrogens with zero attached hydrogens (tertiary/aromatic N) is 1. The van der Waals surface area contributed by atoms with Crippen LogP contribution in [-0.4, -0.2) is 33.4 Å². The predicted octanol–water partition coefficient (Wildman–Crippen LogP) is 2.26. The molecule has 110 valence electrons. The number of H-pyrrole nitrogens is 2. The van der Waals surface area contributed by atoms with Crippen molar-refractivity contribution in [1.82, 2.24) is 14.9 Å². The summed E-state index contributed by atoms with van der Waals surface area (Å²) < 4.78 is 0. The highest BCUT2D eigenvalue weighted by molar-refractivity contribution is 5.97. The number of nitrogens with one attached hydrogen (secondary N) is 2. The molecule has 2 fully saturated rings. The fourth-order valence-corrected chi connectivity index (χ4v) is 3.82. The zero-order chi connectivity index (χ0) is 14.4. The Balaban J connectivity index is 1.59. The largest absolute Gasteiger partial charge is 0.335 e. The van der Waals surface area contributed by atoms with Crippen molar-refractivity contribution in [2.45, 2.75) is 38.1 Å². The molecule has 0 unspecified atom stereocenters. The van der Waals surface area contributed by atoms with Crippen molar-refractivity contribution in [1.29, 1.82) is 0 Å². The summed E-state index contributed by atoms with van der Waals surface area (Å²) >= 11 is 0. The van der Waals surface area contributed by atoms with E-state index in [0.717, 1.165) is 18.5 Å². The van der Waals surface area contributed by atoms with Crippen molar-refractivity contribution >= 4 is 16.9 Å². The number of aromatic nitrogens is 2. The number of fused-ring (bicyclic) bond motifs is 1. The zero-order valence-corrected chi connectivity index (χ0v) is 11.9. The average molecular weight is 285 g/mol. The quantitative estimate of drug-likeness (QED) is 0.888. The highest BCUT2D eigenvalue weighted by atomic mass is 16.2. The normalized spacial score (nSPS) is 22.7. The molecule has 2 aliphatic rings. The molecule has 0 radical (unpaired) electrons. The highest BCUT2D eigenvalue weighted by Gasteiger charge is 2.39. The first-order valence-electron chi connectivity index (χ1n) is 7.75. The van der Waals surface area contributed by atoms with Crippen LogP contribution in [-0.2, 0) is 0 Å². The van der Waals surface area contributed by atoms with Crippen LogP contribution in [0.4, 0.5) is 0 Å². The van der Waals surface area contributed by atoms with E-state index in [2.05, 4.69) is 9.97 Å². The number of rotatable bonds is 2. The van der Waals surface area contributed by atoms with E-state index in [9.17, 15) is 9.59 Å². The minimum Gasteiger partial charge on any atom is -0.335 e. The first kappa shape index (κ1) is 12.7. The summed E-state index contributed by atoms with van der Waals surface area (Å²) in [5.41, 5.74) is 1.87. The molecule has 0 bridgehead atoms. The van der Waals surface area contributed by atoms with Gasteiger partial charge in [0, 0.05) is 18.2 Å². The predicted molar refractivity (Wildman–Crippen MR) is 80.3 cm³/mol. The van der Waals surface area contributed by atoms with E-state index in [1.54, 1.807) is 18.2 Å². The Morgan fingerprint density at radius 2 is 1.86 bits per heavy atom. The Bertz CT molecular complexity index is 739. The lowest BCUT2D eigenvalue weighted by Crippen LogP contribution is -2.54. The number of likely N-dealkylation sites (tertiary alicyclic amines) is 1. The molecular weight excluding hydrogens is 266 g/mol. The minimum atomic E-state index is -0.234. The third-order valence-electron chi connectivity index (χ3n) is 5.03. The molecule has 1 aromatic heterocycles. The number of imidazole rings is 1. The molecule has 1 amide bonds. The first-order chi connectivity index (χ1) is 10.2. The van der Waals surface area contributed by atoms with Gasteiger partial charge in [-0.05, 0) is 43.4 Å². The lowest BCUT2D eigenvalue weighted by atomic mass is 9.87. The molecule has 1 aliphatic heterocycles. The van der Waals surface area contributed by atoms with Crippen molar-refractivity contribution < 1.29 is 4.79 Å². The Hall–Kier alpha value is -2.04. The van der Waals surface area contributed by atoms with Crippen LogP contribution in [0.1, 0.15) is 42.5 Å². The van der Waals surface area contributed by atoms with Gasteiger partial charge in [-0.1, -0.05) is 12.8 Å². The summed E-state index contributed by atoms with van der Waals surface area (Å²) in [5, 5.41) is 0.